The molecule has 2 aromatic rings. The molecule has 0 unspecified atom stereocenters. The molecule has 0 radical (unpaired) electrons. The Hall–Kier alpha value is -2.35. The molecular formula is C18H17NO. The smallest absolute Gasteiger partial charge is 0.179 e. The summed E-state index contributed by atoms with van der Waals surface area (Å²) >= 11 is 0. The van der Waals surface area contributed by atoms with Gasteiger partial charge in [-0.25, -0.2) is 4.99 Å². The topological polar surface area (TPSA) is 21.6 Å². The third-order valence-corrected chi connectivity index (χ3v) is 3.48. The van der Waals surface area contributed by atoms with Gasteiger partial charge in [-0.1, -0.05) is 42.0 Å². The molecule has 20 heavy (non-hydrogen) atoms. The zero-order valence-electron chi connectivity index (χ0n) is 11.8. The van der Waals surface area contributed by atoms with Crippen LogP contribution in [0, 0.1) is 13.8 Å². The van der Waals surface area contributed by atoms with Crippen LogP contribution in [0.5, 0.6) is 5.75 Å². The van der Waals surface area contributed by atoms with E-state index in [4.69, 9.17) is 4.74 Å². The fraction of sp³-hybridized carbons (Fsp3) is 0.167. The molecule has 0 N–H and O–H groups in total. The average molecular weight is 263 g/mol. The van der Waals surface area contributed by atoms with Crippen LogP contribution < -0.4 is 4.74 Å². The summed E-state index contributed by atoms with van der Waals surface area (Å²) in [6.45, 7) is 4.59. The average Bonchev–Trinajstić information content (AvgIpc) is 2.46. The lowest BCUT2D eigenvalue weighted by molar-refractivity contribution is 0.325. The molecule has 0 spiro atoms. The van der Waals surface area contributed by atoms with Gasteiger partial charge >= 0.3 is 0 Å². The van der Waals surface area contributed by atoms with Crippen molar-refractivity contribution in [2.24, 2.45) is 4.99 Å². The van der Waals surface area contributed by atoms with Crippen LogP contribution >= 0.6 is 0 Å². The van der Waals surface area contributed by atoms with Gasteiger partial charge in [0.05, 0.1) is 5.71 Å². The molecule has 0 atom stereocenters. The number of hydrogen-bond donors (Lipinski definition) is 0. The van der Waals surface area contributed by atoms with Crippen LogP contribution in [0.3, 0.4) is 0 Å². The molecule has 2 nitrogen and oxygen atoms in total. The van der Waals surface area contributed by atoms with Crippen LogP contribution in [0.4, 0.5) is 0 Å². The van der Waals surface area contributed by atoms with E-state index < -0.39 is 0 Å². The third kappa shape index (κ3) is 2.50. The maximum absolute atomic E-state index is 5.56. The Balaban J connectivity index is 1.95. The summed E-state index contributed by atoms with van der Waals surface area (Å²) in [5.41, 5.74) is 5.75. The number of hydrogen-bond acceptors (Lipinski definition) is 2. The first-order chi connectivity index (χ1) is 9.74. The largest absolute Gasteiger partial charge is 0.471 e. The van der Waals surface area contributed by atoms with Gasteiger partial charge in [-0.05, 0) is 43.2 Å². The number of aliphatic imine (C=N–C) groups is 1. The third-order valence-electron chi connectivity index (χ3n) is 3.48. The Bertz CT molecular complexity index is 698. The number of allylic oxidation sites excluding steroid dienone is 1. The quantitative estimate of drug-likeness (QED) is 0.797. The van der Waals surface area contributed by atoms with Gasteiger partial charge in [-0.2, -0.15) is 0 Å². The number of benzene rings is 2. The highest BCUT2D eigenvalue weighted by Gasteiger charge is 2.12. The predicted molar refractivity (Wildman–Crippen MR) is 83.4 cm³/mol. The summed E-state index contributed by atoms with van der Waals surface area (Å²) in [7, 11) is 0. The minimum atomic E-state index is 0.392. The Morgan fingerprint density at radius 2 is 1.90 bits per heavy atom. The van der Waals surface area contributed by atoms with Gasteiger partial charge in [0.15, 0.2) is 6.73 Å². The zero-order valence-corrected chi connectivity index (χ0v) is 11.8. The van der Waals surface area contributed by atoms with E-state index in [-0.39, 0.29) is 0 Å². The van der Waals surface area contributed by atoms with Crippen molar-refractivity contribution >= 4 is 11.8 Å². The molecule has 3 rings (SSSR count). The molecule has 1 heterocycles. The van der Waals surface area contributed by atoms with Gasteiger partial charge in [-0.15, -0.1) is 0 Å². The first-order valence-electron chi connectivity index (χ1n) is 6.76. The van der Waals surface area contributed by atoms with Crippen molar-refractivity contribution in [3.05, 3.63) is 70.8 Å². The molecular weight excluding hydrogens is 246 g/mol. The Kier molecular flexibility index (Phi) is 3.38. The lowest BCUT2D eigenvalue weighted by atomic mass is 10.0. The highest BCUT2D eigenvalue weighted by molar-refractivity contribution is 6.13. The summed E-state index contributed by atoms with van der Waals surface area (Å²) in [5, 5.41) is 0. The number of fused-ring (bicyclic) bond motifs is 1. The van der Waals surface area contributed by atoms with E-state index in [0.29, 0.717) is 6.73 Å². The summed E-state index contributed by atoms with van der Waals surface area (Å²) in [6.07, 6.45) is 4.19. The van der Waals surface area contributed by atoms with E-state index in [1.54, 1.807) is 0 Å². The lowest BCUT2D eigenvalue weighted by Gasteiger charge is -2.16. The van der Waals surface area contributed by atoms with E-state index in [9.17, 15) is 0 Å². The highest BCUT2D eigenvalue weighted by Crippen LogP contribution is 2.25. The van der Waals surface area contributed by atoms with E-state index in [0.717, 1.165) is 17.0 Å². The second kappa shape index (κ2) is 5.33. The summed E-state index contributed by atoms with van der Waals surface area (Å²) in [4.78, 5) is 4.46. The van der Waals surface area contributed by atoms with Crippen LogP contribution in [0.25, 0.3) is 6.08 Å². The molecule has 0 aromatic heterocycles. The zero-order chi connectivity index (χ0) is 13.9. The highest BCUT2D eigenvalue weighted by atomic mass is 16.5. The number of ether oxygens (including phenoxy) is 1. The van der Waals surface area contributed by atoms with E-state index >= 15 is 0 Å². The first kappa shape index (κ1) is 12.7. The molecule has 2 aromatic carbocycles. The Morgan fingerprint density at radius 1 is 1.05 bits per heavy atom. The number of rotatable bonds is 2. The van der Waals surface area contributed by atoms with Crippen molar-refractivity contribution in [1.82, 2.24) is 0 Å². The molecule has 1 aliphatic rings. The van der Waals surface area contributed by atoms with E-state index in [2.05, 4.69) is 67.4 Å². The van der Waals surface area contributed by atoms with E-state index in [1.165, 1.54) is 16.7 Å². The maximum atomic E-state index is 5.56. The molecule has 0 fully saturated rings. The number of aryl methyl sites for hydroxylation is 2. The Morgan fingerprint density at radius 3 is 2.75 bits per heavy atom. The molecule has 2 heteroatoms. The monoisotopic (exact) mass is 263 g/mol. The van der Waals surface area contributed by atoms with Gasteiger partial charge in [0.1, 0.15) is 5.75 Å². The fourth-order valence-corrected chi connectivity index (χ4v) is 2.31. The number of nitrogens with zero attached hydrogens (tertiary/aromatic N) is 1. The molecule has 0 amide bonds. The standard InChI is InChI=1S/C18H17NO/c1-13-7-10-18-16(11-13)17(19-12-20-18)9-8-15-6-4-3-5-14(15)2/h3-11H,12H2,1-2H3/b9-8-. The SMILES string of the molecule is Cc1ccc2c(c1)C(/C=C\c1ccccc1C)=NCO2. The second-order valence-corrected chi connectivity index (χ2v) is 5.01. The van der Waals surface area contributed by atoms with Crippen LogP contribution in [0.15, 0.2) is 53.5 Å². The molecule has 0 saturated heterocycles. The van der Waals surface area contributed by atoms with Crippen molar-refractivity contribution in [2.75, 3.05) is 6.73 Å². The summed E-state index contributed by atoms with van der Waals surface area (Å²) < 4.78 is 5.56. The lowest BCUT2D eigenvalue weighted by Crippen LogP contribution is -2.11. The van der Waals surface area contributed by atoms with Gasteiger partial charge in [0, 0.05) is 5.56 Å². The minimum absolute atomic E-state index is 0.392. The van der Waals surface area contributed by atoms with Crippen LogP contribution in [-0.4, -0.2) is 12.4 Å². The van der Waals surface area contributed by atoms with Crippen molar-refractivity contribution in [3.63, 3.8) is 0 Å². The summed E-state index contributed by atoms with van der Waals surface area (Å²) in [5.74, 6) is 0.912. The molecule has 0 saturated carbocycles. The van der Waals surface area contributed by atoms with Crippen molar-refractivity contribution in [1.29, 1.82) is 0 Å². The Labute approximate surface area is 119 Å². The van der Waals surface area contributed by atoms with Crippen molar-refractivity contribution in [2.45, 2.75) is 13.8 Å². The van der Waals surface area contributed by atoms with Gasteiger partial charge < -0.3 is 4.74 Å². The van der Waals surface area contributed by atoms with Crippen molar-refractivity contribution in [3.8, 4) is 5.75 Å². The van der Waals surface area contributed by atoms with E-state index in [1.807, 2.05) is 6.07 Å². The van der Waals surface area contributed by atoms with Crippen molar-refractivity contribution < 1.29 is 4.74 Å². The van der Waals surface area contributed by atoms with Crippen LogP contribution in [0.1, 0.15) is 22.3 Å². The molecule has 100 valence electrons. The molecule has 0 aliphatic carbocycles. The summed E-state index contributed by atoms with van der Waals surface area (Å²) in [6, 6.07) is 14.5. The first-order valence-corrected chi connectivity index (χ1v) is 6.76. The molecule has 0 bridgehead atoms. The van der Waals surface area contributed by atoms with Crippen LogP contribution in [0.2, 0.25) is 0 Å². The van der Waals surface area contributed by atoms with Gasteiger partial charge in [0.2, 0.25) is 0 Å². The van der Waals surface area contributed by atoms with Crippen LogP contribution in [-0.2, 0) is 0 Å². The van der Waals surface area contributed by atoms with Gasteiger partial charge in [0.25, 0.3) is 0 Å². The normalized spacial score (nSPS) is 13.8. The molecule has 1 aliphatic heterocycles. The maximum Gasteiger partial charge on any atom is 0.179 e. The second-order valence-electron chi connectivity index (χ2n) is 5.01. The minimum Gasteiger partial charge on any atom is -0.471 e. The predicted octanol–water partition coefficient (Wildman–Crippen LogP) is 4.16. The van der Waals surface area contributed by atoms with Gasteiger partial charge in [-0.3, -0.25) is 0 Å². The fourth-order valence-electron chi connectivity index (χ4n) is 2.31.